The highest BCUT2D eigenvalue weighted by Crippen LogP contribution is 2.17. The number of rotatable bonds is 58. The molecule has 0 aromatic carbocycles. The van der Waals surface area contributed by atoms with Gasteiger partial charge in [0.2, 0.25) is 0 Å². The van der Waals surface area contributed by atoms with Crippen molar-refractivity contribution in [1.82, 2.24) is 0 Å². The molecule has 0 radical (unpaired) electrons. The number of carbonyl (C=O) groups is 3. The zero-order valence-electron chi connectivity index (χ0n) is 48.7. The smallest absolute Gasteiger partial charge is 0.306 e. The van der Waals surface area contributed by atoms with E-state index in [0.717, 1.165) is 89.9 Å². The van der Waals surface area contributed by atoms with Crippen LogP contribution in [0.2, 0.25) is 0 Å². The van der Waals surface area contributed by atoms with E-state index in [0.29, 0.717) is 19.3 Å². The van der Waals surface area contributed by atoms with Crippen LogP contribution in [0.15, 0.2) is 60.8 Å². The van der Waals surface area contributed by atoms with Crippen molar-refractivity contribution < 1.29 is 28.6 Å². The zero-order chi connectivity index (χ0) is 52.9. The van der Waals surface area contributed by atoms with E-state index in [4.69, 9.17) is 14.2 Å². The highest BCUT2D eigenvalue weighted by atomic mass is 16.6. The molecule has 1 unspecified atom stereocenters. The van der Waals surface area contributed by atoms with Gasteiger partial charge in [-0.1, -0.05) is 306 Å². The SMILES string of the molecule is CC/C=C\C/C=C\C/C=C\C/C=C\C/C=C\CCCCCCCCCCCCCCCC(=O)OCC(COC(=O)CCCCCCCCCCCCC)OC(=O)CCCCCCCCCCCCCCCCC. The molecule has 0 saturated heterocycles. The van der Waals surface area contributed by atoms with E-state index in [2.05, 4.69) is 81.5 Å². The lowest BCUT2D eigenvalue weighted by atomic mass is 10.0. The molecule has 0 heterocycles. The molecule has 0 aromatic heterocycles. The molecule has 0 rings (SSSR count). The van der Waals surface area contributed by atoms with E-state index in [1.165, 1.54) is 199 Å². The van der Waals surface area contributed by atoms with Gasteiger partial charge in [-0.05, 0) is 64.2 Å². The molecule has 6 nitrogen and oxygen atoms in total. The lowest BCUT2D eigenvalue weighted by Gasteiger charge is -2.18. The summed E-state index contributed by atoms with van der Waals surface area (Å²) in [5.41, 5.74) is 0. The van der Waals surface area contributed by atoms with Gasteiger partial charge < -0.3 is 14.2 Å². The van der Waals surface area contributed by atoms with E-state index in [-0.39, 0.29) is 31.1 Å². The molecule has 0 aliphatic heterocycles. The Morgan fingerprint density at radius 1 is 0.288 bits per heavy atom. The molecule has 0 N–H and O–H groups in total. The fourth-order valence-corrected chi connectivity index (χ4v) is 9.30. The highest BCUT2D eigenvalue weighted by Gasteiger charge is 2.19. The van der Waals surface area contributed by atoms with E-state index in [9.17, 15) is 14.4 Å². The number of carbonyl (C=O) groups excluding carboxylic acids is 3. The summed E-state index contributed by atoms with van der Waals surface area (Å²) in [6.45, 7) is 6.56. The van der Waals surface area contributed by atoms with Gasteiger partial charge in [0.25, 0.3) is 0 Å². The van der Waals surface area contributed by atoms with Crippen LogP contribution in [0.3, 0.4) is 0 Å². The molecule has 73 heavy (non-hydrogen) atoms. The molecule has 6 heteroatoms. The fourth-order valence-electron chi connectivity index (χ4n) is 9.30. The molecule has 0 fully saturated rings. The molecule has 0 aromatic rings. The first kappa shape index (κ1) is 70.1. The standard InChI is InChI=1S/C67H120O6/c1-4-7-10-13-16-19-22-24-26-27-28-29-30-31-32-33-34-35-36-37-38-39-41-42-45-48-51-54-57-60-66(69)72-63-64(62-71-65(68)59-56-53-50-47-44-21-18-15-12-9-6-3)73-67(70)61-58-55-52-49-46-43-40-25-23-20-17-14-11-8-5-2/h7,10,16,19,24,26,28-29,31-32,64H,4-6,8-9,11-15,17-18,20-23,25,27,30,33-63H2,1-3H3/b10-7-,19-16-,26-24-,29-28-,32-31-. The van der Waals surface area contributed by atoms with Crippen molar-refractivity contribution in [3.63, 3.8) is 0 Å². The van der Waals surface area contributed by atoms with Crippen molar-refractivity contribution >= 4 is 17.9 Å². The van der Waals surface area contributed by atoms with Crippen LogP contribution in [0, 0.1) is 0 Å². The van der Waals surface area contributed by atoms with Gasteiger partial charge in [0.05, 0.1) is 0 Å². The summed E-state index contributed by atoms with van der Waals surface area (Å²) in [4.78, 5) is 38.2. The van der Waals surface area contributed by atoms with Crippen molar-refractivity contribution in [2.75, 3.05) is 13.2 Å². The molecule has 1 atom stereocenters. The van der Waals surface area contributed by atoms with Crippen LogP contribution in [0.1, 0.15) is 329 Å². The number of esters is 3. The van der Waals surface area contributed by atoms with E-state index in [1.54, 1.807) is 0 Å². The Kier molecular flexibility index (Phi) is 59.2. The minimum absolute atomic E-state index is 0.0683. The first-order chi connectivity index (χ1) is 36.0. The third-order valence-corrected chi connectivity index (χ3v) is 14.0. The fraction of sp³-hybridized carbons (Fsp3) is 0.806. The van der Waals surface area contributed by atoms with E-state index < -0.39 is 6.10 Å². The number of ether oxygens (including phenoxy) is 3. The number of hydrogen-bond acceptors (Lipinski definition) is 6. The predicted octanol–water partition coefficient (Wildman–Crippen LogP) is 21.6. The lowest BCUT2D eigenvalue weighted by Crippen LogP contribution is -2.30. The van der Waals surface area contributed by atoms with Crippen LogP contribution < -0.4 is 0 Å². The summed E-state index contributed by atoms with van der Waals surface area (Å²) in [5, 5.41) is 0. The Bertz CT molecular complexity index is 1310. The molecular formula is C67H120O6. The van der Waals surface area contributed by atoms with Gasteiger partial charge in [-0.2, -0.15) is 0 Å². The van der Waals surface area contributed by atoms with Crippen molar-refractivity contribution in [3.8, 4) is 0 Å². The predicted molar refractivity (Wildman–Crippen MR) is 316 cm³/mol. The van der Waals surface area contributed by atoms with Crippen molar-refractivity contribution in [1.29, 1.82) is 0 Å². The van der Waals surface area contributed by atoms with Crippen LogP contribution in [0.5, 0.6) is 0 Å². The first-order valence-corrected chi connectivity index (χ1v) is 31.8. The number of hydrogen-bond donors (Lipinski definition) is 0. The Morgan fingerprint density at radius 2 is 0.534 bits per heavy atom. The maximum Gasteiger partial charge on any atom is 0.306 e. The van der Waals surface area contributed by atoms with Crippen LogP contribution in [0.4, 0.5) is 0 Å². The zero-order valence-corrected chi connectivity index (χ0v) is 48.7. The monoisotopic (exact) mass is 1020 g/mol. The number of allylic oxidation sites excluding steroid dienone is 10. The maximum absolute atomic E-state index is 12.9. The molecule has 0 amide bonds. The van der Waals surface area contributed by atoms with Crippen molar-refractivity contribution in [2.24, 2.45) is 0 Å². The Morgan fingerprint density at radius 3 is 0.836 bits per heavy atom. The molecule has 424 valence electrons. The molecular weight excluding hydrogens is 901 g/mol. The summed E-state index contributed by atoms with van der Waals surface area (Å²) in [7, 11) is 0. The van der Waals surface area contributed by atoms with E-state index in [1.807, 2.05) is 0 Å². The summed E-state index contributed by atoms with van der Waals surface area (Å²) in [5.74, 6) is -0.851. The average Bonchev–Trinajstić information content (AvgIpc) is 3.39. The largest absolute Gasteiger partial charge is 0.462 e. The minimum Gasteiger partial charge on any atom is -0.462 e. The van der Waals surface area contributed by atoms with Gasteiger partial charge in [0, 0.05) is 19.3 Å². The summed E-state index contributed by atoms with van der Waals surface area (Å²) < 4.78 is 16.9. The Labute approximate surface area is 453 Å². The molecule has 0 spiro atoms. The van der Waals surface area contributed by atoms with Crippen LogP contribution in [-0.2, 0) is 28.6 Å². The second-order valence-electron chi connectivity index (χ2n) is 21.3. The van der Waals surface area contributed by atoms with Crippen molar-refractivity contribution in [2.45, 2.75) is 335 Å². The van der Waals surface area contributed by atoms with Crippen LogP contribution in [-0.4, -0.2) is 37.2 Å². The molecule has 0 aliphatic carbocycles. The second kappa shape index (κ2) is 61.7. The Balaban J connectivity index is 4.17. The van der Waals surface area contributed by atoms with Gasteiger partial charge in [0.15, 0.2) is 6.10 Å². The first-order valence-electron chi connectivity index (χ1n) is 31.8. The van der Waals surface area contributed by atoms with Gasteiger partial charge in [-0.3, -0.25) is 14.4 Å². The minimum atomic E-state index is -0.769. The average molecular weight is 1020 g/mol. The summed E-state index contributed by atoms with van der Waals surface area (Å²) in [6, 6.07) is 0. The van der Waals surface area contributed by atoms with Gasteiger partial charge in [-0.15, -0.1) is 0 Å². The highest BCUT2D eigenvalue weighted by molar-refractivity contribution is 5.71. The normalized spacial score (nSPS) is 12.4. The van der Waals surface area contributed by atoms with E-state index >= 15 is 0 Å². The van der Waals surface area contributed by atoms with Crippen molar-refractivity contribution in [3.05, 3.63) is 60.8 Å². The quantitative estimate of drug-likeness (QED) is 0.0261. The second-order valence-corrected chi connectivity index (χ2v) is 21.3. The Hall–Kier alpha value is -2.89. The topological polar surface area (TPSA) is 78.9 Å². The summed E-state index contributed by atoms with van der Waals surface area (Å²) in [6.07, 6.45) is 78.0. The van der Waals surface area contributed by atoms with Crippen LogP contribution in [0.25, 0.3) is 0 Å². The lowest BCUT2D eigenvalue weighted by molar-refractivity contribution is -0.167. The number of unbranched alkanes of at least 4 members (excludes halogenated alkanes) is 37. The van der Waals surface area contributed by atoms with Gasteiger partial charge >= 0.3 is 17.9 Å². The third kappa shape index (κ3) is 59.9. The third-order valence-electron chi connectivity index (χ3n) is 14.0. The molecule has 0 saturated carbocycles. The molecule has 0 bridgehead atoms. The van der Waals surface area contributed by atoms with Crippen LogP contribution >= 0.6 is 0 Å². The van der Waals surface area contributed by atoms with Gasteiger partial charge in [-0.25, -0.2) is 0 Å². The molecule has 0 aliphatic rings. The van der Waals surface area contributed by atoms with Gasteiger partial charge in [0.1, 0.15) is 13.2 Å². The summed E-state index contributed by atoms with van der Waals surface area (Å²) >= 11 is 0. The maximum atomic E-state index is 12.9.